The van der Waals surface area contributed by atoms with Crippen molar-refractivity contribution < 1.29 is 9.47 Å². The van der Waals surface area contributed by atoms with Gasteiger partial charge in [0.1, 0.15) is 5.75 Å². The third-order valence-corrected chi connectivity index (χ3v) is 2.61. The first-order chi connectivity index (χ1) is 7.90. The van der Waals surface area contributed by atoms with Crippen LogP contribution in [-0.2, 0) is 4.74 Å². The largest absolute Gasteiger partial charge is 0.424 e. The monoisotopic (exact) mass is 218 g/mol. The van der Waals surface area contributed by atoms with Crippen molar-refractivity contribution >= 4 is 0 Å². The van der Waals surface area contributed by atoms with Crippen LogP contribution in [0.3, 0.4) is 0 Å². The van der Waals surface area contributed by atoms with Gasteiger partial charge in [0.05, 0.1) is 0 Å². The van der Waals surface area contributed by atoms with E-state index in [9.17, 15) is 0 Å². The Bertz CT molecular complexity index is 354. The molecule has 16 heavy (non-hydrogen) atoms. The number of para-hydroxylation sites is 1. The lowest BCUT2D eigenvalue weighted by Crippen LogP contribution is -1.83. The van der Waals surface area contributed by atoms with Crippen LogP contribution in [-0.4, -0.2) is 0 Å². The molecule has 0 radical (unpaired) electrons. The highest BCUT2D eigenvalue weighted by Gasteiger charge is 2.27. The van der Waals surface area contributed by atoms with E-state index in [1.54, 1.807) is 0 Å². The Balaban J connectivity index is 1.71. The van der Waals surface area contributed by atoms with Crippen LogP contribution >= 0.6 is 0 Å². The van der Waals surface area contributed by atoms with Gasteiger partial charge in [-0.3, -0.25) is 0 Å². The van der Waals surface area contributed by atoms with Crippen LogP contribution in [0.4, 0.5) is 0 Å². The van der Waals surface area contributed by atoms with Crippen molar-refractivity contribution in [3.63, 3.8) is 0 Å². The summed E-state index contributed by atoms with van der Waals surface area (Å²) in [5.41, 5.74) is 0. The maximum atomic E-state index is 5.55. The third kappa shape index (κ3) is 3.30. The van der Waals surface area contributed by atoms with Crippen LogP contribution in [0, 0.1) is 0 Å². The molecule has 1 aliphatic heterocycles. The molecule has 2 rings (SSSR count). The van der Waals surface area contributed by atoms with Gasteiger partial charge < -0.3 is 9.47 Å². The van der Waals surface area contributed by atoms with Crippen LogP contribution in [0.1, 0.15) is 39.0 Å². The molecule has 2 nitrogen and oxygen atoms in total. The van der Waals surface area contributed by atoms with Gasteiger partial charge in [-0.2, -0.15) is 0 Å². The summed E-state index contributed by atoms with van der Waals surface area (Å²) in [5.74, 6) is 2.59. The van der Waals surface area contributed by atoms with Gasteiger partial charge >= 0.3 is 5.95 Å². The van der Waals surface area contributed by atoms with Gasteiger partial charge in [0.15, 0.2) is 5.76 Å². The average molecular weight is 218 g/mol. The molecule has 0 atom stereocenters. The molecular weight excluding hydrogens is 200 g/mol. The van der Waals surface area contributed by atoms with E-state index in [4.69, 9.17) is 9.47 Å². The fourth-order valence-corrected chi connectivity index (χ4v) is 1.63. The van der Waals surface area contributed by atoms with Crippen molar-refractivity contribution in [1.29, 1.82) is 0 Å². The molecule has 0 bridgehead atoms. The Morgan fingerprint density at radius 2 is 1.88 bits per heavy atom. The van der Waals surface area contributed by atoms with Gasteiger partial charge in [-0.05, 0) is 18.6 Å². The molecule has 0 N–H and O–H groups in total. The number of unbranched alkanes of at least 4 members (excludes halogenated alkanes) is 3. The number of hydrogen-bond acceptors (Lipinski definition) is 2. The summed E-state index contributed by atoms with van der Waals surface area (Å²) in [4.78, 5) is 0. The molecule has 1 aromatic carbocycles. The van der Waals surface area contributed by atoms with E-state index in [0.717, 1.165) is 17.9 Å². The second kappa shape index (κ2) is 5.59. The van der Waals surface area contributed by atoms with Crippen molar-refractivity contribution in [2.24, 2.45) is 0 Å². The van der Waals surface area contributed by atoms with E-state index in [2.05, 4.69) is 6.92 Å². The molecule has 0 spiro atoms. The molecule has 0 saturated heterocycles. The number of benzene rings is 1. The predicted octanol–water partition coefficient (Wildman–Crippen LogP) is 4.24. The molecule has 1 heterocycles. The molecule has 0 aliphatic carbocycles. The molecule has 0 saturated carbocycles. The standard InChI is InChI=1S/C14H18O2/c1-2-3-4-8-11-13-14(16-13)15-12-9-6-5-7-10-12/h5-7,9-10H,2-4,8,11H2,1H3. The lowest BCUT2D eigenvalue weighted by Gasteiger charge is -1.95. The predicted molar refractivity (Wildman–Crippen MR) is 63.9 cm³/mol. The van der Waals surface area contributed by atoms with Crippen LogP contribution < -0.4 is 4.74 Å². The summed E-state index contributed by atoms with van der Waals surface area (Å²) < 4.78 is 10.9. The summed E-state index contributed by atoms with van der Waals surface area (Å²) in [5, 5.41) is 0. The molecular formula is C14H18O2. The zero-order valence-electron chi connectivity index (χ0n) is 9.74. The van der Waals surface area contributed by atoms with Crippen molar-refractivity contribution in [3.8, 4) is 5.75 Å². The first kappa shape index (κ1) is 11.1. The minimum absolute atomic E-state index is 0.711. The van der Waals surface area contributed by atoms with Gasteiger partial charge in [0.25, 0.3) is 0 Å². The second-order valence-electron chi connectivity index (χ2n) is 4.04. The van der Waals surface area contributed by atoms with Crippen LogP contribution in [0.25, 0.3) is 0 Å². The number of ether oxygens (including phenoxy) is 2. The van der Waals surface area contributed by atoms with E-state index >= 15 is 0 Å². The summed E-state index contributed by atoms with van der Waals surface area (Å²) in [6.45, 7) is 2.22. The minimum atomic E-state index is 0.711. The van der Waals surface area contributed by atoms with E-state index in [-0.39, 0.29) is 0 Å². The van der Waals surface area contributed by atoms with Crippen molar-refractivity contribution in [2.45, 2.75) is 39.0 Å². The van der Waals surface area contributed by atoms with Gasteiger partial charge in [-0.25, -0.2) is 0 Å². The van der Waals surface area contributed by atoms with E-state index in [0.29, 0.717) is 5.95 Å². The molecule has 0 fully saturated rings. The fourth-order valence-electron chi connectivity index (χ4n) is 1.63. The quantitative estimate of drug-likeness (QED) is 0.639. The number of rotatable bonds is 7. The summed E-state index contributed by atoms with van der Waals surface area (Å²) in [6, 6.07) is 9.76. The zero-order chi connectivity index (χ0) is 11.2. The van der Waals surface area contributed by atoms with Crippen molar-refractivity contribution in [1.82, 2.24) is 0 Å². The van der Waals surface area contributed by atoms with Crippen LogP contribution in [0.15, 0.2) is 42.0 Å². The SMILES string of the molecule is CCCCCCC1=C(Oc2ccccc2)O1. The Morgan fingerprint density at radius 1 is 1.06 bits per heavy atom. The topological polar surface area (TPSA) is 21.8 Å². The lowest BCUT2D eigenvalue weighted by molar-refractivity contribution is 0.288. The molecule has 0 unspecified atom stereocenters. The Kier molecular flexibility index (Phi) is 3.86. The van der Waals surface area contributed by atoms with Crippen molar-refractivity contribution in [2.75, 3.05) is 0 Å². The third-order valence-electron chi connectivity index (χ3n) is 2.61. The van der Waals surface area contributed by atoms with Gasteiger partial charge in [-0.15, -0.1) is 0 Å². The Morgan fingerprint density at radius 3 is 2.62 bits per heavy atom. The molecule has 0 aromatic heterocycles. The minimum Gasteiger partial charge on any atom is -0.424 e. The first-order valence-corrected chi connectivity index (χ1v) is 6.04. The molecule has 1 aromatic rings. The first-order valence-electron chi connectivity index (χ1n) is 6.04. The highest BCUT2D eigenvalue weighted by atomic mass is 16.7. The second-order valence-corrected chi connectivity index (χ2v) is 4.04. The lowest BCUT2D eigenvalue weighted by atomic mass is 10.1. The fraction of sp³-hybridized carbons (Fsp3) is 0.429. The Labute approximate surface area is 96.9 Å². The molecule has 2 heteroatoms. The number of hydrogen-bond donors (Lipinski definition) is 0. The van der Waals surface area contributed by atoms with E-state index < -0.39 is 0 Å². The zero-order valence-corrected chi connectivity index (χ0v) is 9.74. The summed E-state index contributed by atoms with van der Waals surface area (Å²) >= 11 is 0. The molecule has 1 aliphatic rings. The Hall–Kier alpha value is -1.44. The number of allylic oxidation sites excluding steroid dienone is 1. The normalized spacial score (nSPS) is 13.6. The average Bonchev–Trinajstić information content (AvgIpc) is 3.04. The highest BCUT2D eigenvalue weighted by Crippen LogP contribution is 2.32. The van der Waals surface area contributed by atoms with Crippen LogP contribution in [0.2, 0.25) is 0 Å². The van der Waals surface area contributed by atoms with Gasteiger partial charge in [0.2, 0.25) is 0 Å². The smallest absolute Gasteiger partial charge is 0.330 e. The van der Waals surface area contributed by atoms with Gasteiger partial charge in [0, 0.05) is 6.42 Å². The highest BCUT2D eigenvalue weighted by molar-refractivity contribution is 5.25. The summed E-state index contributed by atoms with van der Waals surface area (Å²) in [7, 11) is 0. The maximum Gasteiger partial charge on any atom is 0.330 e. The molecule has 0 amide bonds. The van der Waals surface area contributed by atoms with Crippen molar-refractivity contribution in [3.05, 3.63) is 42.0 Å². The van der Waals surface area contributed by atoms with E-state index in [1.807, 2.05) is 30.3 Å². The van der Waals surface area contributed by atoms with Crippen LogP contribution in [0.5, 0.6) is 5.75 Å². The van der Waals surface area contributed by atoms with E-state index in [1.165, 1.54) is 25.7 Å². The van der Waals surface area contributed by atoms with Gasteiger partial charge in [-0.1, -0.05) is 44.4 Å². The molecule has 86 valence electrons. The summed E-state index contributed by atoms with van der Waals surface area (Å²) in [6.07, 6.45) is 6.07. The maximum absolute atomic E-state index is 5.55.